The summed E-state index contributed by atoms with van der Waals surface area (Å²) in [7, 11) is 0. The third-order valence-electron chi connectivity index (χ3n) is 2.85. The number of rotatable bonds is 5. The number of carbonyl (C=O) groups excluding carboxylic acids is 2. The molecule has 2 aromatic rings. The van der Waals surface area contributed by atoms with Gasteiger partial charge in [0.1, 0.15) is 11.5 Å². The van der Waals surface area contributed by atoms with Gasteiger partial charge in [-0.15, -0.1) is 0 Å². The molecule has 2 rings (SSSR count). The van der Waals surface area contributed by atoms with E-state index in [9.17, 15) is 9.59 Å². The molecular formula is C18H19NO4. The van der Waals surface area contributed by atoms with E-state index in [1.807, 2.05) is 13.8 Å². The number of hydrogen-bond acceptors (Lipinski definition) is 4. The van der Waals surface area contributed by atoms with E-state index in [1.54, 1.807) is 48.5 Å². The van der Waals surface area contributed by atoms with Crippen LogP contribution in [0.4, 0.5) is 5.69 Å². The summed E-state index contributed by atoms with van der Waals surface area (Å²) in [6.07, 6.45) is 0.0786. The lowest BCUT2D eigenvalue weighted by Gasteiger charge is -2.10. The van der Waals surface area contributed by atoms with E-state index in [0.29, 0.717) is 22.7 Å². The number of hydrogen-bond donors (Lipinski definition) is 1. The molecule has 5 nitrogen and oxygen atoms in total. The second-order valence-corrected chi connectivity index (χ2v) is 5.29. The third kappa shape index (κ3) is 5.14. The molecule has 0 fully saturated rings. The van der Waals surface area contributed by atoms with E-state index in [-0.39, 0.29) is 12.0 Å². The van der Waals surface area contributed by atoms with Gasteiger partial charge in [-0.1, -0.05) is 0 Å². The van der Waals surface area contributed by atoms with Gasteiger partial charge in [-0.25, -0.2) is 4.79 Å². The lowest BCUT2D eigenvalue weighted by Crippen LogP contribution is -2.10. The van der Waals surface area contributed by atoms with Gasteiger partial charge in [-0.3, -0.25) is 4.79 Å². The van der Waals surface area contributed by atoms with Gasteiger partial charge in [0.05, 0.1) is 11.7 Å². The maximum absolute atomic E-state index is 12.1. The summed E-state index contributed by atoms with van der Waals surface area (Å²) in [5, 5.41) is 2.65. The van der Waals surface area contributed by atoms with Gasteiger partial charge in [-0.2, -0.15) is 0 Å². The summed E-state index contributed by atoms with van der Waals surface area (Å²) >= 11 is 0. The normalized spacial score (nSPS) is 10.3. The van der Waals surface area contributed by atoms with Crippen LogP contribution in [0.5, 0.6) is 11.5 Å². The number of benzene rings is 2. The van der Waals surface area contributed by atoms with Gasteiger partial charge in [0, 0.05) is 12.6 Å². The SMILES string of the molecule is CC(=O)Nc1ccc(OC(=O)c2ccc(OC(C)C)cc2)cc1. The first-order valence-corrected chi connectivity index (χ1v) is 7.30. The molecule has 23 heavy (non-hydrogen) atoms. The van der Waals surface area contributed by atoms with Crippen molar-refractivity contribution in [1.82, 2.24) is 0 Å². The molecule has 0 aliphatic heterocycles. The van der Waals surface area contributed by atoms with Crippen molar-refractivity contribution in [2.45, 2.75) is 26.9 Å². The number of esters is 1. The molecule has 0 unspecified atom stereocenters. The Kier molecular flexibility index (Phi) is 5.36. The summed E-state index contributed by atoms with van der Waals surface area (Å²) in [6.45, 7) is 5.31. The maximum atomic E-state index is 12.1. The molecule has 0 radical (unpaired) electrons. The number of nitrogens with one attached hydrogen (secondary N) is 1. The molecule has 0 saturated carbocycles. The van der Waals surface area contributed by atoms with Crippen molar-refractivity contribution in [2.75, 3.05) is 5.32 Å². The van der Waals surface area contributed by atoms with Gasteiger partial charge < -0.3 is 14.8 Å². The van der Waals surface area contributed by atoms with Crippen molar-refractivity contribution in [3.8, 4) is 11.5 Å². The Balaban J connectivity index is 1.99. The summed E-state index contributed by atoms with van der Waals surface area (Å²) in [4.78, 5) is 23.0. The summed E-state index contributed by atoms with van der Waals surface area (Å²) < 4.78 is 10.8. The Morgan fingerprint density at radius 2 is 1.48 bits per heavy atom. The fourth-order valence-corrected chi connectivity index (χ4v) is 1.92. The van der Waals surface area contributed by atoms with E-state index < -0.39 is 5.97 Å². The van der Waals surface area contributed by atoms with Gasteiger partial charge >= 0.3 is 5.97 Å². The van der Waals surface area contributed by atoms with Crippen LogP contribution in [0.25, 0.3) is 0 Å². The molecule has 0 bridgehead atoms. The van der Waals surface area contributed by atoms with Gasteiger partial charge in [-0.05, 0) is 62.4 Å². The van der Waals surface area contributed by atoms with E-state index in [4.69, 9.17) is 9.47 Å². The largest absolute Gasteiger partial charge is 0.491 e. The predicted molar refractivity (Wildman–Crippen MR) is 87.9 cm³/mol. The first-order valence-electron chi connectivity index (χ1n) is 7.30. The highest BCUT2D eigenvalue weighted by molar-refractivity contribution is 5.91. The topological polar surface area (TPSA) is 64.6 Å². The zero-order valence-electron chi connectivity index (χ0n) is 13.3. The lowest BCUT2D eigenvalue weighted by atomic mass is 10.2. The van der Waals surface area contributed by atoms with Crippen LogP contribution < -0.4 is 14.8 Å². The second-order valence-electron chi connectivity index (χ2n) is 5.29. The molecule has 120 valence electrons. The van der Waals surface area contributed by atoms with Gasteiger partial charge in [0.15, 0.2) is 0 Å². The van der Waals surface area contributed by atoms with Crippen LogP contribution in [0.3, 0.4) is 0 Å². The first-order chi connectivity index (χ1) is 10.9. The molecule has 0 atom stereocenters. The van der Waals surface area contributed by atoms with E-state index in [0.717, 1.165) is 0 Å². The van der Waals surface area contributed by atoms with Gasteiger partial charge in [0.25, 0.3) is 0 Å². The standard InChI is InChI=1S/C18H19NO4/c1-12(2)22-16-8-4-14(5-9-16)18(21)23-17-10-6-15(7-11-17)19-13(3)20/h4-12H,1-3H3,(H,19,20). The predicted octanol–water partition coefficient (Wildman–Crippen LogP) is 3.65. The highest BCUT2D eigenvalue weighted by Crippen LogP contribution is 2.19. The molecule has 1 amide bonds. The molecule has 0 aliphatic carbocycles. The zero-order valence-corrected chi connectivity index (χ0v) is 13.3. The molecule has 0 aliphatic rings. The third-order valence-corrected chi connectivity index (χ3v) is 2.85. The summed E-state index contributed by atoms with van der Waals surface area (Å²) in [5.41, 5.74) is 1.08. The van der Waals surface area contributed by atoms with Crippen LogP contribution in [0, 0.1) is 0 Å². The monoisotopic (exact) mass is 313 g/mol. The van der Waals surface area contributed by atoms with Crippen molar-refractivity contribution in [1.29, 1.82) is 0 Å². The second kappa shape index (κ2) is 7.45. The zero-order chi connectivity index (χ0) is 16.8. The Bertz CT molecular complexity index is 675. The fraction of sp³-hybridized carbons (Fsp3) is 0.222. The minimum atomic E-state index is -0.451. The van der Waals surface area contributed by atoms with Crippen LogP contribution in [0.1, 0.15) is 31.1 Å². The Labute approximate surface area is 135 Å². The van der Waals surface area contributed by atoms with Crippen molar-refractivity contribution >= 4 is 17.6 Å². The van der Waals surface area contributed by atoms with E-state index in [1.165, 1.54) is 6.92 Å². The minimum absolute atomic E-state index is 0.0786. The quantitative estimate of drug-likeness (QED) is 0.676. The average molecular weight is 313 g/mol. The summed E-state index contributed by atoms with van der Waals surface area (Å²) in [5.74, 6) is 0.509. The molecule has 0 saturated heterocycles. The van der Waals surface area contributed by atoms with Crippen molar-refractivity contribution in [3.05, 3.63) is 54.1 Å². The smallest absolute Gasteiger partial charge is 0.343 e. The van der Waals surface area contributed by atoms with Gasteiger partial charge in [0.2, 0.25) is 5.91 Å². The molecule has 5 heteroatoms. The van der Waals surface area contributed by atoms with Crippen LogP contribution in [-0.4, -0.2) is 18.0 Å². The van der Waals surface area contributed by atoms with Crippen molar-refractivity contribution in [3.63, 3.8) is 0 Å². The lowest BCUT2D eigenvalue weighted by molar-refractivity contribution is -0.114. The maximum Gasteiger partial charge on any atom is 0.343 e. The highest BCUT2D eigenvalue weighted by atomic mass is 16.5. The number of amides is 1. The Hall–Kier alpha value is -2.82. The van der Waals surface area contributed by atoms with Crippen LogP contribution in [0.15, 0.2) is 48.5 Å². The minimum Gasteiger partial charge on any atom is -0.491 e. The number of carbonyl (C=O) groups is 2. The van der Waals surface area contributed by atoms with Crippen LogP contribution in [0.2, 0.25) is 0 Å². The van der Waals surface area contributed by atoms with E-state index in [2.05, 4.69) is 5.32 Å². The van der Waals surface area contributed by atoms with E-state index >= 15 is 0 Å². The number of anilines is 1. The molecular weight excluding hydrogens is 294 g/mol. The summed E-state index contributed by atoms with van der Waals surface area (Å²) in [6, 6.07) is 13.4. The number of ether oxygens (including phenoxy) is 2. The van der Waals surface area contributed by atoms with Crippen LogP contribution in [-0.2, 0) is 4.79 Å². The fourth-order valence-electron chi connectivity index (χ4n) is 1.92. The van der Waals surface area contributed by atoms with Crippen molar-refractivity contribution < 1.29 is 19.1 Å². The molecule has 2 aromatic carbocycles. The Morgan fingerprint density at radius 1 is 0.913 bits per heavy atom. The molecule has 1 N–H and O–H groups in total. The highest BCUT2D eigenvalue weighted by Gasteiger charge is 2.09. The van der Waals surface area contributed by atoms with Crippen LogP contribution >= 0.6 is 0 Å². The molecule has 0 spiro atoms. The first kappa shape index (κ1) is 16.5. The molecule has 0 aromatic heterocycles. The average Bonchev–Trinajstić information content (AvgIpc) is 2.49. The van der Waals surface area contributed by atoms with Crippen molar-refractivity contribution in [2.24, 2.45) is 0 Å². The molecule has 0 heterocycles. The Morgan fingerprint density at radius 3 is 2.00 bits per heavy atom.